The highest BCUT2D eigenvalue weighted by Gasteiger charge is 2.30. The van der Waals surface area contributed by atoms with Gasteiger partial charge in [-0.3, -0.25) is 0 Å². The molecule has 0 spiro atoms. The molecule has 0 bridgehead atoms. The first-order valence-corrected chi connectivity index (χ1v) is 4.60. The van der Waals surface area contributed by atoms with Gasteiger partial charge < -0.3 is 10.8 Å². The molecule has 1 atom stereocenters. The third-order valence-electron chi connectivity index (χ3n) is 2.60. The van der Waals surface area contributed by atoms with Crippen LogP contribution in [0.15, 0.2) is 0 Å². The summed E-state index contributed by atoms with van der Waals surface area (Å²) in [5.41, 5.74) is 5.26. The zero-order valence-corrected chi connectivity index (χ0v) is 7.34. The van der Waals surface area contributed by atoms with Crippen LogP contribution in [0.5, 0.6) is 0 Å². The van der Waals surface area contributed by atoms with E-state index in [0.29, 0.717) is 0 Å². The van der Waals surface area contributed by atoms with Crippen LogP contribution in [-0.4, -0.2) is 16.7 Å². The Hall–Kier alpha value is -0.0800. The molecule has 1 aliphatic rings. The number of rotatable bonds is 3. The van der Waals surface area contributed by atoms with Crippen molar-refractivity contribution < 1.29 is 5.11 Å². The van der Waals surface area contributed by atoms with Crippen molar-refractivity contribution in [2.24, 2.45) is 5.73 Å². The second-order valence-electron chi connectivity index (χ2n) is 3.95. The van der Waals surface area contributed by atoms with E-state index in [2.05, 4.69) is 0 Å². The Labute approximate surface area is 68.8 Å². The lowest BCUT2D eigenvalue weighted by atomic mass is 9.94. The normalized spacial score (nSPS) is 25.4. The molecule has 1 unspecified atom stereocenters. The van der Waals surface area contributed by atoms with Gasteiger partial charge in [0.05, 0.1) is 5.60 Å². The van der Waals surface area contributed by atoms with E-state index in [4.69, 9.17) is 5.73 Å². The Morgan fingerprint density at radius 2 is 2.00 bits per heavy atom. The standard InChI is InChI=1S/C9H19NO/c1-8(10)4-7-9(11)5-2-3-6-9/h8,11H,2-7,10H2,1H3. The van der Waals surface area contributed by atoms with Crippen LogP contribution in [-0.2, 0) is 0 Å². The second-order valence-corrected chi connectivity index (χ2v) is 3.95. The van der Waals surface area contributed by atoms with Crippen LogP contribution >= 0.6 is 0 Å². The van der Waals surface area contributed by atoms with Crippen LogP contribution < -0.4 is 5.73 Å². The topological polar surface area (TPSA) is 46.2 Å². The molecule has 3 N–H and O–H groups in total. The van der Waals surface area contributed by atoms with Crippen molar-refractivity contribution in [3.05, 3.63) is 0 Å². The molecule has 1 aliphatic carbocycles. The van der Waals surface area contributed by atoms with Crippen LogP contribution in [0.3, 0.4) is 0 Å². The molecule has 0 aromatic heterocycles. The van der Waals surface area contributed by atoms with Crippen molar-refractivity contribution in [3.63, 3.8) is 0 Å². The molecular weight excluding hydrogens is 138 g/mol. The van der Waals surface area contributed by atoms with E-state index < -0.39 is 0 Å². The molecule has 1 rings (SSSR count). The first kappa shape index (κ1) is 9.01. The molecule has 1 fully saturated rings. The van der Waals surface area contributed by atoms with E-state index in [0.717, 1.165) is 25.7 Å². The van der Waals surface area contributed by atoms with Gasteiger partial charge >= 0.3 is 0 Å². The number of nitrogens with two attached hydrogens (primary N) is 1. The van der Waals surface area contributed by atoms with Crippen molar-refractivity contribution in [2.75, 3.05) is 0 Å². The lowest BCUT2D eigenvalue weighted by Crippen LogP contribution is -2.27. The molecule has 2 heteroatoms. The summed E-state index contributed by atoms with van der Waals surface area (Å²) in [7, 11) is 0. The third kappa shape index (κ3) is 2.80. The minimum atomic E-state index is -0.354. The predicted octanol–water partition coefficient (Wildman–Crippen LogP) is 1.42. The van der Waals surface area contributed by atoms with Crippen molar-refractivity contribution in [1.29, 1.82) is 0 Å². The van der Waals surface area contributed by atoms with E-state index in [1.807, 2.05) is 6.92 Å². The maximum Gasteiger partial charge on any atom is 0.0648 e. The minimum absolute atomic E-state index is 0.236. The second kappa shape index (κ2) is 3.55. The summed E-state index contributed by atoms with van der Waals surface area (Å²) in [5.74, 6) is 0. The number of hydrogen-bond donors (Lipinski definition) is 2. The maximum absolute atomic E-state index is 9.88. The summed E-state index contributed by atoms with van der Waals surface area (Å²) in [6.45, 7) is 2.00. The van der Waals surface area contributed by atoms with Crippen LogP contribution in [0.2, 0.25) is 0 Å². The smallest absolute Gasteiger partial charge is 0.0648 e. The Kier molecular flexibility index (Phi) is 2.90. The Bertz CT molecular complexity index is 117. The largest absolute Gasteiger partial charge is 0.390 e. The van der Waals surface area contributed by atoms with Crippen LogP contribution in [0.4, 0.5) is 0 Å². The summed E-state index contributed by atoms with van der Waals surface area (Å²) < 4.78 is 0. The predicted molar refractivity (Wildman–Crippen MR) is 46.3 cm³/mol. The third-order valence-corrected chi connectivity index (χ3v) is 2.60. The first-order valence-electron chi connectivity index (χ1n) is 4.60. The van der Waals surface area contributed by atoms with Crippen molar-refractivity contribution in [3.8, 4) is 0 Å². The fourth-order valence-corrected chi connectivity index (χ4v) is 1.78. The van der Waals surface area contributed by atoms with Crippen LogP contribution in [0, 0.1) is 0 Å². The Balaban J connectivity index is 2.23. The Morgan fingerprint density at radius 3 is 2.45 bits per heavy atom. The van der Waals surface area contributed by atoms with Crippen LogP contribution in [0.1, 0.15) is 45.4 Å². The first-order chi connectivity index (χ1) is 5.12. The van der Waals surface area contributed by atoms with Crippen molar-refractivity contribution in [2.45, 2.75) is 57.1 Å². The molecule has 0 aromatic rings. The van der Waals surface area contributed by atoms with E-state index >= 15 is 0 Å². The average Bonchev–Trinajstić information content (AvgIpc) is 2.33. The fourth-order valence-electron chi connectivity index (χ4n) is 1.78. The molecule has 0 amide bonds. The summed E-state index contributed by atoms with van der Waals surface area (Å²) in [5, 5.41) is 9.88. The van der Waals surface area contributed by atoms with Crippen molar-refractivity contribution >= 4 is 0 Å². The number of hydrogen-bond acceptors (Lipinski definition) is 2. The molecule has 0 heterocycles. The molecule has 11 heavy (non-hydrogen) atoms. The molecular formula is C9H19NO. The zero-order valence-electron chi connectivity index (χ0n) is 7.34. The van der Waals surface area contributed by atoms with Gasteiger partial charge in [-0.2, -0.15) is 0 Å². The van der Waals surface area contributed by atoms with Gasteiger partial charge in [0.1, 0.15) is 0 Å². The zero-order chi connectivity index (χ0) is 8.32. The van der Waals surface area contributed by atoms with E-state index in [1.54, 1.807) is 0 Å². The summed E-state index contributed by atoms with van der Waals surface area (Å²) >= 11 is 0. The molecule has 0 aromatic carbocycles. The van der Waals surface area contributed by atoms with E-state index in [-0.39, 0.29) is 11.6 Å². The lowest BCUT2D eigenvalue weighted by Gasteiger charge is -2.22. The highest BCUT2D eigenvalue weighted by molar-refractivity contribution is 4.84. The number of aliphatic hydroxyl groups is 1. The molecule has 1 saturated carbocycles. The molecule has 66 valence electrons. The monoisotopic (exact) mass is 157 g/mol. The van der Waals surface area contributed by atoms with Gasteiger partial charge in [-0.15, -0.1) is 0 Å². The summed E-state index contributed by atoms with van der Waals surface area (Å²) in [4.78, 5) is 0. The van der Waals surface area contributed by atoms with Gasteiger partial charge in [0.15, 0.2) is 0 Å². The van der Waals surface area contributed by atoms with Gasteiger partial charge in [-0.05, 0) is 32.6 Å². The van der Waals surface area contributed by atoms with E-state index in [9.17, 15) is 5.11 Å². The lowest BCUT2D eigenvalue weighted by molar-refractivity contribution is 0.0354. The SMILES string of the molecule is CC(N)CCC1(O)CCCC1. The van der Waals surface area contributed by atoms with Crippen LogP contribution in [0.25, 0.3) is 0 Å². The van der Waals surface area contributed by atoms with Gasteiger partial charge in [-0.1, -0.05) is 12.8 Å². The quantitative estimate of drug-likeness (QED) is 0.651. The average molecular weight is 157 g/mol. The van der Waals surface area contributed by atoms with Gasteiger partial charge in [0.25, 0.3) is 0 Å². The summed E-state index contributed by atoms with van der Waals surface area (Å²) in [6.07, 6.45) is 6.20. The fraction of sp³-hybridized carbons (Fsp3) is 1.00. The minimum Gasteiger partial charge on any atom is -0.390 e. The van der Waals surface area contributed by atoms with Gasteiger partial charge in [0.2, 0.25) is 0 Å². The molecule has 0 radical (unpaired) electrons. The highest BCUT2D eigenvalue weighted by Crippen LogP contribution is 2.33. The van der Waals surface area contributed by atoms with Gasteiger partial charge in [-0.25, -0.2) is 0 Å². The molecule has 2 nitrogen and oxygen atoms in total. The van der Waals surface area contributed by atoms with E-state index in [1.165, 1.54) is 12.8 Å². The highest BCUT2D eigenvalue weighted by atomic mass is 16.3. The Morgan fingerprint density at radius 1 is 1.45 bits per heavy atom. The molecule has 0 saturated heterocycles. The van der Waals surface area contributed by atoms with Crippen molar-refractivity contribution in [1.82, 2.24) is 0 Å². The molecule has 0 aliphatic heterocycles. The summed E-state index contributed by atoms with van der Waals surface area (Å²) in [6, 6.07) is 0.236. The maximum atomic E-state index is 9.88. The van der Waals surface area contributed by atoms with Gasteiger partial charge in [0, 0.05) is 6.04 Å².